The van der Waals surface area contributed by atoms with Crippen molar-refractivity contribution in [1.82, 2.24) is 0 Å². The van der Waals surface area contributed by atoms with Crippen LogP contribution in [0.3, 0.4) is 0 Å². The van der Waals surface area contributed by atoms with E-state index in [1.807, 2.05) is 36.4 Å². The van der Waals surface area contributed by atoms with Gasteiger partial charge < -0.3 is 10.1 Å². The van der Waals surface area contributed by atoms with Crippen molar-refractivity contribution in [3.63, 3.8) is 0 Å². The van der Waals surface area contributed by atoms with Gasteiger partial charge in [-0.3, -0.25) is 0 Å². The molecule has 108 valence electrons. The Bertz CT molecular complexity index is 642. The molecule has 0 unspecified atom stereocenters. The second-order valence-electron chi connectivity index (χ2n) is 4.24. The van der Waals surface area contributed by atoms with Crippen LogP contribution in [0, 0.1) is 12.3 Å². The topological polar surface area (TPSA) is 21.3 Å². The lowest BCUT2D eigenvalue weighted by Crippen LogP contribution is -2.01. The molecule has 2 rings (SSSR count). The third-order valence-electron chi connectivity index (χ3n) is 2.70. The zero-order chi connectivity index (χ0) is 15.2. The zero-order valence-corrected chi connectivity index (χ0v) is 14.1. The van der Waals surface area contributed by atoms with Gasteiger partial charge in [-0.25, -0.2) is 0 Å². The molecule has 5 heteroatoms. The van der Waals surface area contributed by atoms with Gasteiger partial charge in [-0.2, -0.15) is 0 Å². The third kappa shape index (κ3) is 4.57. The molecule has 21 heavy (non-hydrogen) atoms. The van der Waals surface area contributed by atoms with Crippen molar-refractivity contribution in [2.24, 2.45) is 0 Å². The van der Waals surface area contributed by atoms with Crippen LogP contribution in [0.2, 0.25) is 10.0 Å². The first-order chi connectivity index (χ1) is 10.1. The molecule has 2 nitrogen and oxygen atoms in total. The number of hydrogen-bond donors (Lipinski definition) is 1. The van der Waals surface area contributed by atoms with Gasteiger partial charge in [0, 0.05) is 16.7 Å². The van der Waals surface area contributed by atoms with Crippen LogP contribution in [0.15, 0.2) is 40.9 Å². The molecule has 2 aromatic rings. The van der Waals surface area contributed by atoms with E-state index in [0.29, 0.717) is 22.3 Å². The standard InChI is InChI=1S/C16H12BrCl2NO/c1-2-7-21-16-14(18)8-11(9-15(16)19)10-20-13-5-3-12(17)4-6-13/h1,3-6,8-9,20H,7,10H2. The summed E-state index contributed by atoms with van der Waals surface area (Å²) in [6, 6.07) is 11.5. The fraction of sp³-hybridized carbons (Fsp3) is 0.125. The van der Waals surface area contributed by atoms with Gasteiger partial charge in [-0.15, -0.1) is 6.42 Å². The van der Waals surface area contributed by atoms with Crippen LogP contribution in [0.25, 0.3) is 0 Å². The number of terminal acetylenes is 1. The average molecular weight is 385 g/mol. The molecule has 0 saturated heterocycles. The summed E-state index contributed by atoms with van der Waals surface area (Å²) < 4.78 is 6.36. The van der Waals surface area contributed by atoms with Crippen molar-refractivity contribution in [3.05, 3.63) is 56.5 Å². The van der Waals surface area contributed by atoms with E-state index >= 15 is 0 Å². The van der Waals surface area contributed by atoms with Crippen LogP contribution in [-0.2, 0) is 6.54 Å². The Labute approximate surface area is 142 Å². The SMILES string of the molecule is C#CCOc1c(Cl)cc(CNc2ccc(Br)cc2)cc1Cl. The van der Waals surface area contributed by atoms with E-state index in [2.05, 4.69) is 27.2 Å². The molecule has 0 aromatic heterocycles. The first-order valence-corrected chi connectivity index (χ1v) is 7.68. The number of anilines is 1. The number of rotatable bonds is 5. The smallest absolute Gasteiger partial charge is 0.157 e. The lowest BCUT2D eigenvalue weighted by molar-refractivity contribution is 0.371. The normalized spacial score (nSPS) is 10.0. The highest BCUT2D eigenvalue weighted by Gasteiger charge is 2.09. The molecule has 2 aromatic carbocycles. The second kappa shape index (κ2) is 7.61. The molecular weight excluding hydrogens is 373 g/mol. The Hall–Kier alpha value is -1.34. The summed E-state index contributed by atoms with van der Waals surface area (Å²) in [5.41, 5.74) is 1.97. The Kier molecular flexibility index (Phi) is 5.81. The molecule has 0 amide bonds. The molecule has 0 saturated carbocycles. The van der Waals surface area contributed by atoms with E-state index in [-0.39, 0.29) is 6.61 Å². The van der Waals surface area contributed by atoms with Gasteiger partial charge in [0.1, 0.15) is 6.61 Å². The van der Waals surface area contributed by atoms with Crippen LogP contribution in [0.5, 0.6) is 5.75 Å². The molecule has 0 bridgehead atoms. The summed E-state index contributed by atoms with van der Waals surface area (Å²) in [7, 11) is 0. The highest BCUT2D eigenvalue weighted by atomic mass is 79.9. The van der Waals surface area contributed by atoms with Gasteiger partial charge in [-0.05, 0) is 42.0 Å². The molecule has 1 N–H and O–H groups in total. The van der Waals surface area contributed by atoms with E-state index in [1.165, 1.54) is 0 Å². The van der Waals surface area contributed by atoms with Crippen LogP contribution in [-0.4, -0.2) is 6.61 Å². The van der Waals surface area contributed by atoms with Crippen molar-refractivity contribution < 1.29 is 4.74 Å². The minimum atomic E-state index is 0.135. The fourth-order valence-electron chi connectivity index (χ4n) is 1.74. The maximum Gasteiger partial charge on any atom is 0.157 e. The zero-order valence-electron chi connectivity index (χ0n) is 11.0. The van der Waals surface area contributed by atoms with E-state index in [1.54, 1.807) is 0 Å². The van der Waals surface area contributed by atoms with E-state index in [0.717, 1.165) is 15.7 Å². The lowest BCUT2D eigenvalue weighted by Gasteiger charge is -2.11. The molecule has 0 fully saturated rings. The predicted molar refractivity (Wildman–Crippen MR) is 92.3 cm³/mol. The van der Waals surface area contributed by atoms with Crippen molar-refractivity contribution >= 4 is 44.8 Å². The Balaban J connectivity index is 2.07. The number of benzene rings is 2. The molecule has 0 spiro atoms. The van der Waals surface area contributed by atoms with Gasteiger partial charge in [0.2, 0.25) is 0 Å². The van der Waals surface area contributed by atoms with Crippen LogP contribution < -0.4 is 10.1 Å². The van der Waals surface area contributed by atoms with Crippen LogP contribution in [0.1, 0.15) is 5.56 Å². The summed E-state index contributed by atoms with van der Waals surface area (Å²) in [4.78, 5) is 0. The van der Waals surface area contributed by atoms with Crippen LogP contribution >= 0.6 is 39.1 Å². The monoisotopic (exact) mass is 383 g/mol. The van der Waals surface area contributed by atoms with Gasteiger partial charge in [0.15, 0.2) is 5.75 Å². The predicted octanol–water partition coefficient (Wildman–Crippen LogP) is 5.38. The van der Waals surface area contributed by atoms with Gasteiger partial charge in [-0.1, -0.05) is 45.1 Å². The molecule has 0 aliphatic rings. The number of ether oxygens (including phenoxy) is 1. The number of halogens is 3. The van der Waals surface area contributed by atoms with E-state index in [9.17, 15) is 0 Å². The molecule has 0 aliphatic heterocycles. The lowest BCUT2D eigenvalue weighted by atomic mass is 10.2. The van der Waals surface area contributed by atoms with Crippen molar-refractivity contribution in [1.29, 1.82) is 0 Å². The highest BCUT2D eigenvalue weighted by molar-refractivity contribution is 9.10. The van der Waals surface area contributed by atoms with Gasteiger partial charge in [0.25, 0.3) is 0 Å². The highest BCUT2D eigenvalue weighted by Crippen LogP contribution is 2.34. The van der Waals surface area contributed by atoms with Crippen molar-refractivity contribution in [3.8, 4) is 18.1 Å². The number of hydrogen-bond acceptors (Lipinski definition) is 2. The Morgan fingerprint density at radius 3 is 2.33 bits per heavy atom. The summed E-state index contributed by atoms with van der Waals surface area (Å²) in [5.74, 6) is 2.80. The fourth-order valence-corrected chi connectivity index (χ4v) is 2.64. The Morgan fingerprint density at radius 1 is 1.14 bits per heavy atom. The van der Waals surface area contributed by atoms with Crippen LogP contribution in [0.4, 0.5) is 5.69 Å². The molecule has 0 radical (unpaired) electrons. The molecule has 0 aliphatic carbocycles. The molecule has 0 atom stereocenters. The average Bonchev–Trinajstić information content (AvgIpc) is 2.46. The summed E-state index contributed by atoms with van der Waals surface area (Å²) in [5, 5.41) is 4.19. The van der Waals surface area contributed by atoms with E-state index < -0.39 is 0 Å². The summed E-state index contributed by atoms with van der Waals surface area (Å²) >= 11 is 15.7. The van der Waals surface area contributed by atoms with E-state index in [4.69, 9.17) is 34.4 Å². The minimum Gasteiger partial charge on any atom is -0.478 e. The maximum atomic E-state index is 6.16. The Morgan fingerprint density at radius 2 is 1.76 bits per heavy atom. The number of nitrogens with one attached hydrogen (secondary N) is 1. The maximum absolute atomic E-state index is 6.16. The third-order valence-corrected chi connectivity index (χ3v) is 3.79. The summed E-state index contributed by atoms with van der Waals surface area (Å²) in [6.07, 6.45) is 5.15. The van der Waals surface area contributed by atoms with Crippen molar-refractivity contribution in [2.45, 2.75) is 6.54 Å². The largest absolute Gasteiger partial charge is 0.478 e. The first-order valence-electron chi connectivity index (χ1n) is 6.14. The molecule has 0 heterocycles. The second-order valence-corrected chi connectivity index (χ2v) is 5.97. The van der Waals surface area contributed by atoms with Gasteiger partial charge in [0.05, 0.1) is 10.0 Å². The van der Waals surface area contributed by atoms with Gasteiger partial charge >= 0.3 is 0 Å². The quantitative estimate of drug-likeness (QED) is 0.698. The minimum absolute atomic E-state index is 0.135. The molecular formula is C16H12BrCl2NO. The van der Waals surface area contributed by atoms with Crippen molar-refractivity contribution in [2.75, 3.05) is 11.9 Å². The first kappa shape index (κ1) is 16.0. The summed E-state index contributed by atoms with van der Waals surface area (Å²) in [6.45, 7) is 0.742.